The third-order valence-corrected chi connectivity index (χ3v) is 3.20. The predicted octanol–water partition coefficient (Wildman–Crippen LogP) is 1.63. The van der Waals surface area contributed by atoms with E-state index in [1.54, 1.807) is 6.92 Å². The first kappa shape index (κ1) is 12.1. The molecule has 5 nitrogen and oxygen atoms in total. The largest absolute Gasteiger partial charge is 0.464 e. The fourth-order valence-corrected chi connectivity index (χ4v) is 2.09. The number of carbonyl (C=O) groups is 1. The number of rotatable bonds is 2. The average molecular weight is 238 g/mol. The van der Waals surface area contributed by atoms with E-state index in [4.69, 9.17) is 4.42 Å². The van der Waals surface area contributed by atoms with Gasteiger partial charge in [-0.05, 0) is 26.7 Å². The number of nitrogens with one attached hydrogen (secondary N) is 1. The average Bonchev–Trinajstić information content (AvgIpc) is 2.71. The van der Waals surface area contributed by atoms with Crippen LogP contribution < -0.4 is 5.32 Å². The lowest BCUT2D eigenvalue weighted by molar-refractivity contribution is 0.0593. The number of aryl methyl sites for hydroxylation is 1. The van der Waals surface area contributed by atoms with Crippen molar-refractivity contribution in [1.82, 2.24) is 10.3 Å². The number of carbonyl (C=O) groups excluding carboxylic acids is 1. The first-order valence-electron chi connectivity index (χ1n) is 5.90. The molecule has 2 rings (SSSR count). The zero-order chi connectivity index (χ0) is 12.4. The molecule has 1 aliphatic heterocycles. The summed E-state index contributed by atoms with van der Waals surface area (Å²) in [6.45, 7) is 4.75. The summed E-state index contributed by atoms with van der Waals surface area (Å²) in [4.78, 5) is 15.7. The van der Waals surface area contributed by atoms with Crippen molar-refractivity contribution in [2.45, 2.75) is 38.6 Å². The fraction of sp³-hybridized carbons (Fsp3) is 0.667. The molecule has 0 bridgehead atoms. The van der Waals surface area contributed by atoms with Crippen molar-refractivity contribution >= 4 is 5.97 Å². The van der Waals surface area contributed by atoms with E-state index in [2.05, 4.69) is 22.0 Å². The van der Waals surface area contributed by atoms with Crippen molar-refractivity contribution in [2.75, 3.05) is 13.7 Å². The summed E-state index contributed by atoms with van der Waals surface area (Å²) in [7, 11) is 1.35. The monoisotopic (exact) mass is 238 g/mol. The molecule has 0 aromatic carbocycles. The van der Waals surface area contributed by atoms with E-state index in [1.807, 2.05) is 0 Å². The molecule has 0 saturated carbocycles. The molecule has 17 heavy (non-hydrogen) atoms. The third-order valence-electron chi connectivity index (χ3n) is 3.20. The van der Waals surface area contributed by atoms with E-state index in [9.17, 15) is 4.79 Å². The number of oxazole rings is 1. The highest BCUT2D eigenvalue weighted by molar-refractivity contribution is 5.88. The van der Waals surface area contributed by atoms with Crippen LogP contribution in [0.4, 0.5) is 0 Å². The Balaban J connectivity index is 2.14. The van der Waals surface area contributed by atoms with Crippen molar-refractivity contribution in [3.63, 3.8) is 0 Å². The molecule has 1 N–H and O–H groups in total. The Kier molecular flexibility index (Phi) is 3.47. The molecular weight excluding hydrogens is 220 g/mol. The second kappa shape index (κ2) is 4.87. The van der Waals surface area contributed by atoms with E-state index in [1.165, 1.54) is 7.11 Å². The Morgan fingerprint density at radius 2 is 2.29 bits per heavy atom. The minimum atomic E-state index is -0.436. The highest BCUT2D eigenvalue weighted by atomic mass is 16.5. The van der Waals surface area contributed by atoms with Gasteiger partial charge < -0.3 is 14.5 Å². The molecule has 1 aromatic rings. The van der Waals surface area contributed by atoms with Gasteiger partial charge in [0, 0.05) is 18.5 Å². The van der Waals surface area contributed by atoms with Gasteiger partial charge in [0.2, 0.25) is 0 Å². The van der Waals surface area contributed by atoms with Crippen LogP contribution in [0.15, 0.2) is 4.42 Å². The second-order valence-electron chi connectivity index (χ2n) is 4.53. The molecule has 1 aliphatic rings. The topological polar surface area (TPSA) is 64.4 Å². The van der Waals surface area contributed by atoms with Crippen LogP contribution in [-0.2, 0) is 4.74 Å². The number of hydrogen-bond acceptors (Lipinski definition) is 5. The van der Waals surface area contributed by atoms with Gasteiger partial charge in [-0.3, -0.25) is 0 Å². The molecule has 94 valence electrons. The molecule has 0 spiro atoms. The van der Waals surface area contributed by atoms with Gasteiger partial charge in [-0.2, -0.15) is 0 Å². The molecule has 5 heteroatoms. The summed E-state index contributed by atoms with van der Waals surface area (Å²) in [6.07, 6.45) is 2.13. The molecule has 1 aromatic heterocycles. The molecule has 0 aliphatic carbocycles. The minimum Gasteiger partial charge on any atom is -0.464 e. The van der Waals surface area contributed by atoms with Gasteiger partial charge in [0.25, 0.3) is 0 Å². The van der Waals surface area contributed by atoms with E-state index in [-0.39, 0.29) is 5.92 Å². The number of ether oxygens (including phenoxy) is 1. The van der Waals surface area contributed by atoms with E-state index < -0.39 is 5.97 Å². The van der Waals surface area contributed by atoms with Gasteiger partial charge in [0.1, 0.15) is 5.76 Å². The number of piperidine rings is 1. The number of aromatic nitrogens is 1. The van der Waals surface area contributed by atoms with Gasteiger partial charge in [0.05, 0.1) is 7.11 Å². The van der Waals surface area contributed by atoms with Crippen LogP contribution in [0.25, 0.3) is 0 Å². The fourth-order valence-electron chi connectivity index (χ4n) is 2.09. The smallest absolute Gasteiger partial charge is 0.360 e. The predicted molar refractivity (Wildman–Crippen MR) is 62.0 cm³/mol. The maximum absolute atomic E-state index is 11.4. The van der Waals surface area contributed by atoms with Crippen LogP contribution in [0, 0.1) is 6.92 Å². The third kappa shape index (κ3) is 2.49. The van der Waals surface area contributed by atoms with Crippen LogP contribution in [0.3, 0.4) is 0 Å². The van der Waals surface area contributed by atoms with Crippen molar-refractivity contribution in [3.05, 3.63) is 17.3 Å². The molecule has 2 unspecified atom stereocenters. The standard InChI is InChI=1S/C12H18N2O3/c1-7-4-5-9(6-13-7)11-14-10(8(2)17-11)12(15)16-3/h7,9,13H,4-6H2,1-3H3. The lowest BCUT2D eigenvalue weighted by Gasteiger charge is -2.25. The highest BCUT2D eigenvalue weighted by Crippen LogP contribution is 2.26. The van der Waals surface area contributed by atoms with Crippen LogP contribution in [0.2, 0.25) is 0 Å². The van der Waals surface area contributed by atoms with Gasteiger partial charge in [-0.25, -0.2) is 9.78 Å². The summed E-state index contributed by atoms with van der Waals surface area (Å²) in [5.74, 6) is 0.991. The Morgan fingerprint density at radius 3 is 2.88 bits per heavy atom. The SMILES string of the molecule is COC(=O)c1nc(C2CCC(C)NC2)oc1C. The first-order valence-corrected chi connectivity index (χ1v) is 5.90. The molecule has 1 saturated heterocycles. The summed E-state index contributed by atoms with van der Waals surface area (Å²) in [5.41, 5.74) is 0.293. The molecule has 2 heterocycles. The molecule has 0 amide bonds. The summed E-state index contributed by atoms with van der Waals surface area (Å²) in [6, 6.07) is 0.544. The number of methoxy groups -OCH3 is 1. The van der Waals surface area contributed by atoms with Gasteiger partial charge >= 0.3 is 5.97 Å². The minimum absolute atomic E-state index is 0.253. The summed E-state index contributed by atoms with van der Waals surface area (Å²) >= 11 is 0. The van der Waals surface area contributed by atoms with Crippen molar-refractivity contribution in [2.24, 2.45) is 0 Å². The van der Waals surface area contributed by atoms with Crippen LogP contribution in [0.5, 0.6) is 0 Å². The van der Waals surface area contributed by atoms with Gasteiger partial charge in [0.15, 0.2) is 11.6 Å². The second-order valence-corrected chi connectivity index (χ2v) is 4.53. The Labute approximate surface area is 101 Å². The first-order chi connectivity index (χ1) is 8.11. The molecular formula is C12H18N2O3. The number of hydrogen-bond donors (Lipinski definition) is 1. The molecule has 2 atom stereocenters. The maximum atomic E-state index is 11.4. The number of nitrogens with zero attached hydrogens (tertiary/aromatic N) is 1. The quantitative estimate of drug-likeness (QED) is 0.793. The van der Waals surface area contributed by atoms with E-state index >= 15 is 0 Å². The van der Waals surface area contributed by atoms with E-state index in [0.29, 0.717) is 23.4 Å². The summed E-state index contributed by atoms with van der Waals surface area (Å²) < 4.78 is 10.2. The zero-order valence-corrected chi connectivity index (χ0v) is 10.4. The Bertz CT molecular complexity index is 406. The normalized spacial score (nSPS) is 24.6. The van der Waals surface area contributed by atoms with Gasteiger partial charge in [-0.15, -0.1) is 0 Å². The van der Waals surface area contributed by atoms with Crippen LogP contribution >= 0.6 is 0 Å². The van der Waals surface area contributed by atoms with E-state index in [0.717, 1.165) is 19.4 Å². The summed E-state index contributed by atoms with van der Waals surface area (Å²) in [5, 5.41) is 3.39. The molecule has 0 radical (unpaired) electrons. The highest BCUT2D eigenvalue weighted by Gasteiger charge is 2.26. The van der Waals surface area contributed by atoms with Crippen molar-refractivity contribution in [3.8, 4) is 0 Å². The van der Waals surface area contributed by atoms with Crippen molar-refractivity contribution in [1.29, 1.82) is 0 Å². The lowest BCUT2D eigenvalue weighted by Crippen LogP contribution is -2.35. The number of esters is 1. The van der Waals surface area contributed by atoms with Crippen LogP contribution in [0.1, 0.15) is 47.8 Å². The Hall–Kier alpha value is -1.36. The van der Waals surface area contributed by atoms with Gasteiger partial charge in [-0.1, -0.05) is 0 Å². The van der Waals surface area contributed by atoms with Crippen molar-refractivity contribution < 1.29 is 13.9 Å². The molecule has 1 fully saturated rings. The lowest BCUT2D eigenvalue weighted by atomic mass is 9.95. The maximum Gasteiger partial charge on any atom is 0.360 e. The zero-order valence-electron chi connectivity index (χ0n) is 10.4. The van der Waals surface area contributed by atoms with Crippen LogP contribution in [-0.4, -0.2) is 30.6 Å². The Morgan fingerprint density at radius 1 is 1.53 bits per heavy atom.